The molecule has 0 amide bonds. The first-order chi connectivity index (χ1) is 9.50. The van der Waals surface area contributed by atoms with Gasteiger partial charge >= 0.3 is 0 Å². The third-order valence-electron chi connectivity index (χ3n) is 2.92. The maximum atomic E-state index is 6.30. The van der Waals surface area contributed by atoms with Crippen LogP contribution >= 0.6 is 50.7 Å². The molecule has 0 radical (unpaired) electrons. The van der Waals surface area contributed by atoms with Gasteiger partial charge in [-0.25, -0.2) is 4.98 Å². The number of anilines is 1. The van der Waals surface area contributed by atoms with E-state index in [1.165, 1.54) is 0 Å². The van der Waals surface area contributed by atoms with Gasteiger partial charge < -0.3 is 5.73 Å². The third kappa shape index (κ3) is 2.07. The van der Waals surface area contributed by atoms with Crippen molar-refractivity contribution in [2.45, 2.75) is 0 Å². The van der Waals surface area contributed by atoms with Crippen molar-refractivity contribution in [3.63, 3.8) is 0 Å². The van der Waals surface area contributed by atoms with Gasteiger partial charge in [-0.3, -0.25) is 4.57 Å². The lowest BCUT2D eigenvalue weighted by molar-refractivity contribution is 1.11. The van der Waals surface area contributed by atoms with E-state index in [9.17, 15) is 0 Å². The van der Waals surface area contributed by atoms with E-state index in [4.69, 9.17) is 40.5 Å². The van der Waals surface area contributed by atoms with Crippen LogP contribution in [0.4, 0.5) is 5.95 Å². The Bertz CT molecular complexity index is 829. The number of hydrogen-bond donors (Lipinski definition) is 1. The minimum absolute atomic E-state index is 0.299. The van der Waals surface area contributed by atoms with Gasteiger partial charge in [0.05, 0.1) is 26.3 Å². The van der Waals surface area contributed by atoms with Crippen molar-refractivity contribution in [1.29, 1.82) is 0 Å². The van der Waals surface area contributed by atoms with E-state index in [-0.39, 0.29) is 0 Å². The number of fused-ring (bicyclic) bond motifs is 1. The zero-order chi connectivity index (χ0) is 14.4. The molecule has 3 rings (SSSR count). The topological polar surface area (TPSA) is 43.8 Å². The number of nitrogen functional groups attached to an aromatic ring is 1. The van der Waals surface area contributed by atoms with E-state index in [1.807, 2.05) is 18.2 Å². The number of benzene rings is 2. The van der Waals surface area contributed by atoms with Gasteiger partial charge in [0.2, 0.25) is 5.95 Å². The van der Waals surface area contributed by atoms with E-state index in [0.717, 1.165) is 5.52 Å². The third-order valence-corrected chi connectivity index (χ3v) is 4.98. The lowest BCUT2D eigenvalue weighted by Gasteiger charge is -2.11. The number of imidazole rings is 1. The van der Waals surface area contributed by atoms with Gasteiger partial charge in [-0.1, -0.05) is 40.9 Å². The van der Waals surface area contributed by atoms with Gasteiger partial charge in [0.1, 0.15) is 5.52 Å². The molecule has 0 unspecified atom stereocenters. The number of halogens is 4. The highest BCUT2D eigenvalue weighted by Crippen LogP contribution is 2.37. The molecule has 0 aliphatic carbocycles. The second kappa shape index (κ2) is 5.11. The van der Waals surface area contributed by atoms with Crippen LogP contribution in [0.5, 0.6) is 0 Å². The highest BCUT2D eigenvalue weighted by atomic mass is 79.9. The van der Waals surface area contributed by atoms with Crippen LogP contribution in [0.15, 0.2) is 34.8 Å². The fourth-order valence-electron chi connectivity index (χ4n) is 2.02. The quantitative estimate of drug-likeness (QED) is 0.570. The fraction of sp³-hybridized carbons (Fsp3) is 0. The van der Waals surface area contributed by atoms with Crippen molar-refractivity contribution in [2.24, 2.45) is 0 Å². The Labute approximate surface area is 138 Å². The summed E-state index contributed by atoms with van der Waals surface area (Å²) < 4.78 is 2.44. The minimum atomic E-state index is 0.299. The number of para-hydroxylation sites is 1. The maximum Gasteiger partial charge on any atom is 0.206 e. The van der Waals surface area contributed by atoms with Gasteiger partial charge in [0, 0.05) is 4.47 Å². The summed E-state index contributed by atoms with van der Waals surface area (Å²) in [7, 11) is 0. The van der Waals surface area contributed by atoms with E-state index < -0.39 is 0 Å². The summed E-state index contributed by atoms with van der Waals surface area (Å²) in [6.45, 7) is 0. The number of nitrogens with two attached hydrogens (primary N) is 1. The zero-order valence-corrected chi connectivity index (χ0v) is 13.7. The van der Waals surface area contributed by atoms with Gasteiger partial charge in [0.25, 0.3) is 0 Å². The first kappa shape index (κ1) is 14.0. The van der Waals surface area contributed by atoms with Crippen LogP contribution in [-0.2, 0) is 0 Å². The molecule has 0 saturated heterocycles. The molecule has 0 spiro atoms. The SMILES string of the molecule is Nc1nc2c(Cl)cccc2n1-c1ccc(Br)c(Cl)c1Cl. The Morgan fingerprint density at radius 1 is 1.05 bits per heavy atom. The second-order valence-electron chi connectivity index (χ2n) is 4.11. The van der Waals surface area contributed by atoms with E-state index >= 15 is 0 Å². The normalized spacial score (nSPS) is 11.2. The molecule has 102 valence electrons. The molecule has 2 N–H and O–H groups in total. The molecular formula is C13H7BrCl3N3. The molecule has 0 fully saturated rings. The van der Waals surface area contributed by atoms with Crippen molar-refractivity contribution in [3.05, 3.63) is 49.9 Å². The average molecular weight is 391 g/mol. The Morgan fingerprint density at radius 3 is 2.55 bits per heavy atom. The minimum Gasteiger partial charge on any atom is -0.369 e. The molecular weight excluding hydrogens is 384 g/mol. The fourth-order valence-corrected chi connectivity index (χ4v) is 3.09. The highest BCUT2D eigenvalue weighted by molar-refractivity contribution is 9.10. The van der Waals surface area contributed by atoms with Gasteiger partial charge in [-0.15, -0.1) is 0 Å². The predicted molar refractivity (Wildman–Crippen MR) is 88.2 cm³/mol. The number of rotatable bonds is 1. The lowest BCUT2D eigenvalue weighted by atomic mass is 10.2. The molecule has 0 saturated carbocycles. The van der Waals surface area contributed by atoms with Crippen molar-refractivity contribution in [3.8, 4) is 5.69 Å². The Kier molecular flexibility index (Phi) is 3.58. The Hall–Kier alpha value is -0.940. The van der Waals surface area contributed by atoms with Crippen molar-refractivity contribution in [2.75, 3.05) is 5.73 Å². The standard InChI is InChI=1S/C13H7BrCl3N3/c14-6-4-5-8(11(17)10(6)16)20-9-3-1-2-7(15)12(9)19-13(20)18/h1-5H,(H2,18,19). The molecule has 0 aliphatic rings. The molecule has 3 aromatic rings. The van der Waals surface area contributed by atoms with Crippen LogP contribution in [0.2, 0.25) is 15.1 Å². The van der Waals surface area contributed by atoms with Crippen LogP contribution < -0.4 is 5.73 Å². The maximum absolute atomic E-state index is 6.30. The summed E-state index contributed by atoms with van der Waals surface area (Å²) in [6.07, 6.45) is 0. The summed E-state index contributed by atoms with van der Waals surface area (Å²) >= 11 is 21.9. The molecule has 0 bridgehead atoms. The molecule has 1 aromatic heterocycles. The van der Waals surface area contributed by atoms with Crippen molar-refractivity contribution < 1.29 is 0 Å². The lowest BCUT2D eigenvalue weighted by Crippen LogP contribution is -2.01. The highest BCUT2D eigenvalue weighted by Gasteiger charge is 2.16. The molecule has 0 aliphatic heterocycles. The Balaban J connectivity index is 2.39. The van der Waals surface area contributed by atoms with Crippen LogP contribution in [0.1, 0.15) is 0 Å². The molecule has 0 atom stereocenters. The summed E-state index contributed by atoms with van der Waals surface area (Å²) in [5.41, 5.74) is 8.05. The summed E-state index contributed by atoms with van der Waals surface area (Å²) in [6, 6.07) is 9.08. The van der Waals surface area contributed by atoms with E-state index in [1.54, 1.807) is 16.7 Å². The Morgan fingerprint density at radius 2 is 1.80 bits per heavy atom. The molecule has 20 heavy (non-hydrogen) atoms. The van der Waals surface area contributed by atoms with Crippen molar-refractivity contribution >= 4 is 67.7 Å². The number of nitrogens with zero attached hydrogens (tertiary/aromatic N) is 2. The van der Waals surface area contributed by atoms with Gasteiger partial charge in [0.15, 0.2) is 0 Å². The van der Waals surface area contributed by atoms with E-state index in [0.29, 0.717) is 36.7 Å². The molecule has 1 heterocycles. The van der Waals surface area contributed by atoms with Crippen LogP contribution in [0, 0.1) is 0 Å². The number of aromatic nitrogens is 2. The largest absolute Gasteiger partial charge is 0.369 e. The van der Waals surface area contributed by atoms with E-state index in [2.05, 4.69) is 20.9 Å². The smallest absolute Gasteiger partial charge is 0.206 e. The zero-order valence-electron chi connectivity index (χ0n) is 9.87. The summed E-state index contributed by atoms with van der Waals surface area (Å²) in [4.78, 5) is 4.28. The summed E-state index contributed by atoms with van der Waals surface area (Å²) in [5.74, 6) is 0.299. The molecule has 3 nitrogen and oxygen atoms in total. The predicted octanol–water partition coefficient (Wildman–Crippen LogP) is 5.33. The van der Waals surface area contributed by atoms with Crippen molar-refractivity contribution in [1.82, 2.24) is 9.55 Å². The first-order valence-corrected chi connectivity index (χ1v) is 7.49. The van der Waals surface area contributed by atoms with Gasteiger partial charge in [-0.05, 0) is 40.2 Å². The molecule has 2 aromatic carbocycles. The van der Waals surface area contributed by atoms with Crippen LogP contribution in [0.3, 0.4) is 0 Å². The number of hydrogen-bond acceptors (Lipinski definition) is 2. The summed E-state index contributed by atoms with van der Waals surface area (Å²) in [5, 5.41) is 1.35. The average Bonchev–Trinajstić information content (AvgIpc) is 2.75. The first-order valence-electron chi connectivity index (χ1n) is 5.57. The van der Waals surface area contributed by atoms with Gasteiger partial charge in [-0.2, -0.15) is 0 Å². The monoisotopic (exact) mass is 389 g/mol. The second-order valence-corrected chi connectivity index (χ2v) is 6.12. The van der Waals surface area contributed by atoms with Crippen LogP contribution in [-0.4, -0.2) is 9.55 Å². The van der Waals surface area contributed by atoms with Crippen LogP contribution in [0.25, 0.3) is 16.7 Å². The molecule has 7 heteroatoms.